The highest BCUT2D eigenvalue weighted by Crippen LogP contribution is 2.36. The van der Waals surface area contributed by atoms with Crippen LogP contribution in [-0.2, 0) is 10.0 Å². The molecular formula is C15H19NO3S2. The minimum Gasteiger partial charge on any atom is -0.481 e. The van der Waals surface area contributed by atoms with E-state index in [1.807, 2.05) is 0 Å². The zero-order valence-corrected chi connectivity index (χ0v) is 14.1. The summed E-state index contributed by atoms with van der Waals surface area (Å²) >= 11 is 1.65. The predicted molar refractivity (Wildman–Crippen MR) is 85.8 cm³/mol. The van der Waals surface area contributed by atoms with Gasteiger partial charge in [-0.25, -0.2) is 8.42 Å². The van der Waals surface area contributed by atoms with Crippen LogP contribution in [-0.4, -0.2) is 36.5 Å². The van der Waals surface area contributed by atoms with Crippen molar-refractivity contribution in [3.8, 4) is 17.6 Å². The Morgan fingerprint density at radius 1 is 1.33 bits per heavy atom. The molecule has 0 N–H and O–H groups in total. The molecule has 0 radical (unpaired) electrons. The van der Waals surface area contributed by atoms with Crippen molar-refractivity contribution >= 4 is 21.8 Å². The summed E-state index contributed by atoms with van der Waals surface area (Å²) in [6, 6.07) is 6.50. The molecule has 1 aromatic carbocycles. The van der Waals surface area contributed by atoms with Crippen molar-refractivity contribution in [1.82, 2.24) is 4.31 Å². The molecule has 1 aliphatic heterocycles. The fourth-order valence-electron chi connectivity index (χ4n) is 1.97. The van der Waals surface area contributed by atoms with Crippen molar-refractivity contribution in [1.29, 1.82) is 0 Å². The molecule has 0 unspecified atom stereocenters. The van der Waals surface area contributed by atoms with Gasteiger partial charge in [-0.1, -0.05) is 5.92 Å². The average Bonchev–Trinajstić information content (AvgIpc) is 2.81. The van der Waals surface area contributed by atoms with Crippen molar-refractivity contribution in [2.24, 2.45) is 0 Å². The summed E-state index contributed by atoms with van der Waals surface area (Å²) in [5.41, 5.74) is 0. The Hall–Kier alpha value is -1.16. The van der Waals surface area contributed by atoms with E-state index in [2.05, 4.69) is 25.7 Å². The first-order valence-corrected chi connectivity index (χ1v) is 9.04. The normalized spacial score (nSPS) is 18.0. The summed E-state index contributed by atoms with van der Waals surface area (Å²) in [5, 5.41) is 0. The van der Waals surface area contributed by atoms with Crippen molar-refractivity contribution in [2.45, 2.75) is 30.4 Å². The Morgan fingerprint density at radius 3 is 2.52 bits per heavy atom. The smallest absolute Gasteiger partial charge is 0.243 e. The van der Waals surface area contributed by atoms with Crippen LogP contribution in [0.4, 0.5) is 0 Å². The molecule has 1 aliphatic rings. The monoisotopic (exact) mass is 325 g/mol. The van der Waals surface area contributed by atoms with Gasteiger partial charge < -0.3 is 4.74 Å². The van der Waals surface area contributed by atoms with Crippen molar-refractivity contribution in [3.63, 3.8) is 0 Å². The summed E-state index contributed by atoms with van der Waals surface area (Å²) in [6.07, 6.45) is 0. The maximum Gasteiger partial charge on any atom is 0.243 e. The lowest BCUT2D eigenvalue weighted by Gasteiger charge is -2.18. The lowest BCUT2D eigenvalue weighted by atomic mass is 10.2. The van der Waals surface area contributed by atoms with E-state index in [0.29, 0.717) is 29.7 Å². The molecule has 0 spiro atoms. The predicted octanol–water partition coefficient (Wildman–Crippen LogP) is 2.56. The van der Waals surface area contributed by atoms with Gasteiger partial charge in [-0.05, 0) is 45.0 Å². The molecule has 1 fully saturated rings. The first-order valence-electron chi connectivity index (χ1n) is 6.62. The van der Waals surface area contributed by atoms with Crippen molar-refractivity contribution < 1.29 is 13.2 Å². The fraction of sp³-hybridized carbons (Fsp3) is 0.467. The van der Waals surface area contributed by atoms with Crippen LogP contribution in [0.15, 0.2) is 29.2 Å². The number of sulfonamides is 1. The van der Waals surface area contributed by atoms with E-state index in [9.17, 15) is 8.42 Å². The molecule has 114 valence electrons. The Kier molecular flexibility index (Phi) is 4.87. The summed E-state index contributed by atoms with van der Waals surface area (Å²) in [4.78, 5) is 0.301. The lowest BCUT2D eigenvalue weighted by Crippen LogP contribution is -2.32. The topological polar surface area (TPSA) is 46.6 Å². The van der Waals surface area contributed by atoms with Crippen LogP contribution in [0.2, 0.25) is 0 Å². The molecule has 21 heavy (non-hydrogen) atoms. The number of benzene rings is 1. The molecule has 0 amide bonds. The number of nitrogens with zero attached hydrogens (tertiary/aromatic N) is 1. The zero-order chi connectivity index (χ0) is 15.5. The van der Waals surface area contributed by atoms with Gasteiger partial charge in [-0.2, -0.15) is 4.31 Å². The zero-order valence-electron chi connectivity index (χ0n) is 12.4. The van der Waals surface area contributed by atoms with Crippen LogP contribution in [0, 0.1) is 11.8 Å². The maximum atomic E-state index is 12.5. The van der Waals surface area contributed by atoms with Gasteiger partial charge in [0.05, 0.1) is 10.8 Å². The Labute approximate surface area is 130 Å². The van der Waals surface area contributed by atoms with Gasteiger partial charge in [0.15, 0.2) is 0 Å². The molecule has 0 aliphatic carbocycles. The summed E-state index contributed by atoms with van der Waals surface area (Å²) in [5.74, 6) is 6.65. The van der Waals surface area contributed by atoms with Crippen LogP contribution in [0.3, 0.4) is 0 Å². The third-order valence-corrected chi connectivity index (χ3v) is 6.43. The highest BCUT2D eigenvalue weighted by atomic mass is 32.2. The van der Waals surface area contributed by atoms with E-state index >= 15 is 0 Å². The second kappa shape index (κ2) is 6.30. The van der Waals surface area contributed by atoms with Gasteiger partial charge in [0.1, 0.15) is 12.4 Å². The van der Waals surface area contributed by atoms with Gasteiger partial charge in [0.25, 0.3) is 0 Å². The quantitative estimate of drug-likeness (QED) is 0.798. The number of thioether (sulfide) groups is 1. The second-order valence-corrected chi connectivity index (χ2v) is 8.92. The Balaban J connectivity index is 2.12. The Bertz CT molecular complexity index is 654. The van der Waals surface area contributed by atoms with Crippen molar-refractivity contribution in [3.05, 3.63) is 24.3 Å². The van der Waals surface area contributed by atoms with Crippen LogP contribution >= 0.6 is 11.8 Å². The first-order chi connectivity index (χ1) is 9.85. The minimum absolute atomic E-state index is 0.0328. The summed E-state index contributed by atoms with van der Waals surface area (Å²) in [6.45, 7) is 6.69. The number of hydrogen-bond donors (Lipinski definition) is 0. The van der Waals surface area contributed by atoms with Gasteiger partial charge in [0.2, 0.25) is 10.0 Å². The standard InChI is InChI=1S/C15H19NO3S2/c1-4-5-10-19-13-6-8-14(9-7-13)21(17,18)16-11-15(2,3)20-12-16/h6-9H,10-12H2,1-3H3. The summed E-state index contributed by atoms with van der Waals surface area (Å²) < 4.78 is 32.0. The van der Waals surface area contributed by atoms with Gasteiger partial charge in [0, 0.05) is 11.3 Å². The minimum atomic E-state index is -3.42. The number of ether oxygens (including phenoxy) is 1. The summed E-state index contributed by atoms with van der Waals surface area (Å²) in [7, 11) is -3.42. The molecule has 0 bridgehead atoms. The maximum absolute atomic E-state index is 12.5. The van der Waals surface area contributed by atoms with E-state index < -0.39 is 10.0 Å². The van der Waals surface area contributed by atoms with Crippen LogP contribution in [0.25, 0.3) is 0 Å². The largest absolute Gasteiger partial charge is 0.481 e. The van der Waals surface area contributed by atoms with E-state index in [4.69, 9.17) is 4.74 Å². The molecule has 4 nitrogen and oxygen atoms in total. The molecule has 1 aromatic rings. The lowest BCUT2D eigenvalue weighted by molar-refractivity contribution is 0.370. The molecule has 0 atom stereocenters. The fourth-order valence-corrected chi connectivity index (χ4v) is 4.86. The van der Waals surface area contributed by atoms with E-state index in [0.717, 1.165) is 0 Å². The van der Waals surface area contributed by atoms with Crippen LogP contribution in [0.1, 0.15) is 20.8 Å². The third-order valence-electron chi connectivity index (χ3n) is 3.11. The van der Waals surface area contributed by atoms with Crippen LogP contribution < -0.4 is 4.74 Å². The van der Waals surface area contributed by atoms with E-state index in [1.165, 1.54) is 4.31 Å². The average molecular weight is 325 g/mol. The molecule has 0 saturated carbocycles. The van der Waals surface area contributed by atoms with E-state index in [-0.39, 0.29) is 4.75 Å². The Morgan fingerprint density at radius 2 is 2.00 bits per heavy atom. The molecule has 1 saturated heterocycles. The third kappa shape index (κ3) is 3.94. The van der Waals surface area contributed by atoms with Crippen LogP contribution in [0.5, 0.6) is 5.75 Å². The van der Waals surface area contributed by atoms with E-state index in [1.54, 1.807) is 43.0 Å². The first kappa shape index (κ1) is 16.2. The molecule has 1 heterocycles. The highest BCUT2D eigenvalue weighted by molar-refractivity contribution is 8.01. The van der Waals surface area contributed by atoms with Gasteiger partial charge >= 0.3 is 0 Å². The van der Waals surface area contributed by atoms with Gasteiger partial charge in [-0.15, -0.1) is 17.7 Å². The van der Waals surface area contributed by atoms with Gasteiger partial charge in [-0.3, -0.25) is 0 Å². The molecule has 2 rings (SSSR count). The second-order valence-electron chi connectivity index (χ2n) is 5.33. The molecule has 0 aromatic heterocycles. The SMILES string of the molecule is CC#CCOc1ccc(S(=O)(=O)N2CSC(C)(C)C2)cc1. The molecular weight excluding hydrogens is 306 g/mol. The van der Waals surface area contributed by atoms with Crippen molar-refractivity contribution in [2.75, 3.05) is 19.0 Å². The highest BCUT2D eigenvalue weighted by Gasteiger charge is 2.37. The number of rotatable bonds is 4. The number of hydrogen-bond acceptors (Lipinski definition) is 4. The molecule has 6 heteroatoms.